The Morgan fingerprint density at radius 1 is 1.33 bits per heavy atom. The van der Waals surface area contributed by atoms with Gasteiger partial charge in [-0.25, -0.2) is 0 Å². The summed E-state index contributed by atoms with van der Waals surface area (Å²) in [7, 11) is 1.12. The molecular weight excluding hydrogens is 221 g/mol. The topological polar surface area (TPSA) is 20.3 Å². The van der Waals surface area contributed by atoms with Gasteiger partial charge in [0.05, 0.1) is 0 Å². The third kappa shape index (κ3) is 3.85. The Balaban J connectivity index is 4.27. The molecule has 0 aromatic heterocycles. The van der Waals surface area contributed by atoms with Crippen molar-refractivity contribution in [2.45, 2.75) is 18.5 Å². The summed E-state index contributed by atoms with van der Waals surface area (Å²) in [6, 6.07) is 0. The maximum absolute atomic E-state index is 12.4. The van der Waals surface area contributed by atoms with Crippen LogP contribution in [0.3, 0.4) is 0 Å². The average molecular weight is 231 g/mol. The van der Waals surface area contributed by atoms with Gasteiger partial charge in [0.2, 0.25) is 5.91 Å². The number of halogens is 5. The summed E-state index contributed by atoms with van der Waals surface area (Å²) in [6.45, 7) is 2.39. The molecule has 2 nitrogen and oxygen atoms in total. The molecule has 0 radical (unpaired) electrons. The van der Waals surface area contributed by atoms with E-state index in [0.29, 0.717) is 0 Å². The molecule has 0 heterocycles. The van der Waals surface area contributed by atoms with E-state index in [2.05, 4.69) is 6.58 Å². The number of alkyl halides is 5. The first-order valence-corrected chi connectivity index (χ1v) is 3.94. The molecule has 0 unspecified atom stereocenters. The first-order chi connectivity index (χ1) is 6.62. The van der Waals surface area contributed by atoms with Crippen LogP contribution in [0.1, 0.15) is 6.42 Å². The van der Waals surface area contributed by atoms with Crippen LogP contribution in [0, 0.1) is 0 Å². The fraction of sp³-hybridized carbons (Fsp3) is 0.625. The summed E-state index contributed by atoms with van der Waals surface area (Å²) in [5, 5.41) is 0. The van der Waals surface area contributed by atoms with Gasteiger partial charge < -0.3 is 4.90 Å². The Hall–Kier alpha value is -1.14. The first-order valence-electron chi connectivity index (χ1n) is 3.94. The second-order valence-corrected chi connectivity index (χ2v) is 2.92. The van der Waals surface area contributed by atoms with Crippen LogP contribution >= 0.6 is 0 Å². The standard InChI is InChI=1S/C8H10F5NO/c1-3-6(15)14(2)5-4-7(9,10)8(11,12)13/h3H,1,4-5H2,2H3. The number of nitrogens with zero attached hydrogens (tertiary/aromatic N) is 1. The normalized spacial score (nSPS) is 12.4. The van der Waals surface area contributed by atoms with Gasteiger partial charge in [-0.15, -0.1) is 0 Å². The largest absolute Gasteiger partial charge is 0.453 e. The molecule has 0 spiro atoms. The molecule has 0 aromatic carbocycles. The second kappa shape index (κ2) is 4.59. The molecule has 88 valence electrons. The highest BCUT2D eigenvalue weighted by molar-refractivity contribution is 5.86. The van der Waals surface area contributed by atoms with Crippen molar-refractivity contribution in [3.05, 3.63) is 12.7 Å². The van der Waals surface area contributed by atoms with Crippen molar-refractivity contribution in [2.24, 2.45) is 0 Å². The molecule has 0 atom stereocenters. The maximum atomic E-state index is 12.4. The van der Waals surface area contributed by atoms with E-state index in [1.54, 1.807) is 0 Å². The average Bonchev–Trinajstić information content (AvgIpc) is 2.11. The number of carbonyl (C=O) groups is 1. The van der Waals surface area contributed by atoms with Gasteiger partial charge >= 0.3 is 12.1 Å². The predicted molar refractivity (Wildman–Crippen MR) is 43.5 cm³/mol. The van der Waals surface area contributed by atoms with Gasteiger partial charge in [0.1, 0.15) is 0 Å². The highest BCUT2D eigenvalue weighted by Gasteiger charge is 2.56. The van der Waals surface area contributed by atoms with Gasteiger partial charge in [-0.05, 0) is 6.08 Å². The number of hydrogen-bond donors (Lipinski definition) is 0. The van der Waals surface area contributed by atoms with Crippen molar-refractivity contribution >= 4 is 5.91 Å². The van der Waals surface area contributed by atoms with Crippen LogP contribution in [0.15, 0.2) is 12.7 Å². The van der Waals surface area contributed by atoms with E-state index < -0.39 is 31.0 Å². The monoisotopic (exact) mass is 231 g/mol. The highest BCUT2D eigenvalue weighted by atomic mass is 19.4. The van der Waals surface area contributed by atoms with Crippen molar-refractivity contribution < 1.29 is 26.7 Å². The fourth-order valence-corrected chi connectivity index (χ4v) is 0.716. The van der Waals surface area contributed by atoms with Gasteiger partial charge in [-0.1, -0.05) is 6.58 Å². The van der Waals surface area contributed by atoms with Crippen LogP contribution in [-0.4, -0.2) is 36.5 Å². The summed E-state index contributed by atoms with van der Waals surface area (Å²) < 4.78 is 59.8. The maximum Gasteiger partial charge on any atom is 0.453 e. The van der Waals surface area contributed by atoms with Crippen LogP contribution in [0.25, 0.3) is 0 Å². The van der Waals surface area contributed by atoms with Crippen molar-refractivity contribution in [3.63, 3.8) is 0 Å². The lowest BCUT2D eigenvalue weighted by atomic mass is 10.2. The Kier molecular flexibility index (Phi) is 4.24. The third-order valence-electron chi connectivity index (χ3n) is 1.73. The van der Waals surface area contributed by atoms with E-state index in [9.17, 15) is 26.7 Å². The van der Waals surface area contributed by atoms with Gasteiger partial charge in [0.25, 0.3) is 0 Å². The van der Waals surface area contributed by atoms with Gasteiger partial charge in [-0.2, -0.15) is 22.0 Å². The molecule has 0 aliphatic heterocycles. The minimum atomic E-state index is -5.58. The van der Waals surface area contributed by atoms with E-state index in [0.717, 1.165) is 18.0 Å². The second-order valence-electron chi connectivity index (χ2n) is 2.92. The lowest BCUT2D eigenvalue weighted by molar-refractivity contribution is -0.284. The molecule has 0 aliphatic carbocycles. The molecule has 0 aliphatic rings. The minimum Gasteiger partial charge on any atom is -0.342 e. The molecule has 15 heavy (non-hydrogen) atoms. The van der Waals surface area contributed by atoms with Gasteiger partial charge in [0, 0.05) is 20.0 Å². The zero-order valence-electron chi connectivity index (χ0n) is 7.94. The summed E-state index contributed by atoms with van der Waals surface area (Å²) >= 11 is 0. The summed E-state index contributed by atoms with van der Waals surface area (Å²) in [5.41, 5.74) is 0. The smallest absolute Gasteiger partial charge is 0.342 e. The number of likely N-dealkylation sites (N-methyl/N-ethyl adjacent to an activating group) is 1. The number of rotatable bonds is 4. The van der Waals surface area contributed by atoms with Crippen LogP contribution in [0.2, 0.25) is 0 Å². The van der Waals surface area contributed by atoms with E-state index >= 15 is 0 Å². The highest BCUT2D eigenvalue weighted by Crippen LogP contribution is 2.37. The summed E-state index contributed by atoms with van der Waals surface area (Å²) in [5.74, 6) is -5.48. The molecule has 7 heteroatoms. The van der Waals surface area contributed by atoms with Crippen molar-refractivity contribution in [1.29, 1.82) is 0 Å². The van der Waals surface area contributed by atoms with Crippen LogP contribution in [0.4, 0.5) is 22.0 Å². The van der Waals surface area contributed by atoms with E-state index in [1.807, 2.05) is 0 Å². The predicted octanol–water partition coefficient (Wildman–Crippen LogP) is 2.22. The minimum absolute atomic E-state index is 0.683. The Bertz CT molecular complexity index is 248. The number of hydrogen-bond acceptors (Lipinski definition) is 1. The molecule has 0 aromatic rings. The molecule has 0 bridgehead atoms. The molecular formula is C8H10F5NO. The quantitative estimate of drug-likeness (QED) is 0.536. The van der Waals surface area contributed by atoms with Crippen molar-refractivity contribution in [2.75, 3.05) is 13.6 Å². The molecule has 0 rings (SSSR count). The van der Waals surface area contributed by atoms with Crippen LogP contribution < -0.4 is 0 Å². The molecule has 0 saturated carbocycles. The van der Waals surface area contributed by atoms with E-state index in [1.165, 1.54) is 0 Å². The molecule has 0 N–H and O–H groups in total. The molecule has 1 amide bonds. The SMILES string of the molecule is C=CC(=O)N(C)CCC(F)(F)C(F)(F)F. The lowest BCUT2D eigenvalue weighted by Crippen LogP contribution is -2.40. The van der Waals surface area contributed by atoms with Gasteiger partial charge in [0.15, 0.2) is 0 Å². The summed E-state index contributed by atoms with van der Waals surface area (Å²) in [6.07, 6.45) is -6.19. The van der Waals surface area contributed by atoms with Crippen LogP contribution in [0.5, 0.6) is 0 Å². The summed E-state index contributed by atoms with van der Waals surface area (Å²) in [4.78, 5) is 11.5. The van der Waals surface area contributed by atoms with E-state index in [-0.39, 0.29) is 0 Å². The Labute approximate surface area is 83.4 Å². The number of amides is 1. The van der Waals surface area contributed by atoms with Crippen molar-refractivity contribution in [3.8, 4) is 0 Å². The fourth-order valence-electron chi connectivity index (χ4n) is 0.716. The molecule has 0 fully saturated rings. The molecule has 0 saturated heterocycles. The Morgan fingerprint density at radius 2 is 1.80 bits per heavy atom. The van der Waals surface area contributed by atoms with Gasteiger partial charge in [-0.3, -0.25) is 4.79 Å². The third-order valence-corrected chi connectivity index (χ3v) is 1.73. The number of carbonyl (C=O) groups excluding carboxylic acids is 1. The first kappa shape index (κ1) is 13.9. The van der Waals surface area contributed by atoms with Crippen molar-refractivity contribution in [1.82, 2.24) is 4.90 Å². The zero-order chi connectivity index (χ0) is 12.3. The lowest BCUT2D eigenvalue weighted by Gasteiger charge is -2.22. The van der Waals surface area contributed by atoms with Crippen LogP contribution in [-0.2, 0) is 4.79 Å². The zero-order valence-corrected chi connectivity index (χ0v) is 7.94. The Morgan fingerprint density at radius 3 is 2.13 bits per heavy atom. The van der Waals surface area contributed by atoms with E-state index in [4.69, 9.17) is 0 Å².